The topological polar surface area (TPSA) is 0 Å². The third-order valence-electron chi connectivity index (χ3n) is 3.37. The molecule has 1 heterocycles. The lowest BCUT2D eigenvalue weighted by Crippen LogP contribution is -2.34. The van der Waals surface area contributed by atoms with Gasteiger partial charge in [-0.25, -0.2) is 0 Å². The molecule has 0 aromatic heterocycles. The Hall–Kier alpha value is 0.350. The van der Waals surface area contributed by atoms with Crippen molar-refractivity contribution in [3.8, 4) is 0 Å². The first-order valence-corrected chi connectivity index (χ1v) is 5.75. The third-order valence-corrected chi connectivity index (χ3v) is 4.62. The summed E-state index contributed by atoms with van der Waals surface area (Å²) < 4.78 is 0. The average Bonchev–Trinajstić information content (AvgIpc) is 2.33. The van der Waals surface area contributed by atoms with Gasteiger partial charge in [-0.15, -0.1) is 0 Å². The third kappa shape index (κ3) is 1.58. The van der Waals surface area contributed by atoms with Crippen LogP contribution in [0.2, 0.25) is 0 Å². The van der Waals surface area contributed by atoms with Crippen LogP contribution in [0.1, 0.15) is 40.5 Å². The molecule has 1 heteroatoms. The zero-order valence-corrected chi connectivity index (χ0v) is 9.05. The molecule has 0 aromatic carbocycles. The van der Waals surface area contributed by atoms with Crippen LogP contribution in [-0.4, -0.2) is 11.5 Å². The SMILES string of the molecule is CC[C@@]1(C(C)(C)C)CCSC1. The molecule has 1 aliphatic heterocycles. The molecule has 66 valence electrons. The first kappa shape index (κ1) is 9.44. The summed E-state index contributed by atoms with van der Waals surface area (Å²) in [6.45, 7) is 9.52. The quantitative estimate of drug-likeness (QED) is 0.583. The lowest BCUT2D eigenvalue weighted by atomic mass is 9.65. The number of hydrogen-bond donors (Lipinski definition) is 0. The van der Waals surface area contributed by atoms with Gasteiger partial charge < -0.3 is 0 Å². The first-order chi connectivity index (χ1) is 5.02. The summed E-state index contributed by atoms with van der Waals surface area (Å²) in [5.74, 6) is 2.76. The lowest BCUT2D eigenvalue weighted by molar-refractivity contribution is 0.112. The fourth-order valence-electron chi connectivity index (χ4n) is 2.01. The molecule has 0 N–H and O–H groups in total. The highest BCUT2D eigenvalue weighted by molar-refractivity contribution is 7.99. The van der Waals surface area contributed by atoms with Gasteiger partial charge in [-0.05, 0) is 35.2 Å². The number of hydrogen-bond acceptors (Lipinski definition) is 1. The van der Waals surface area contributed by atoms with Gasteiger partial charge in [-0.1, -0.05) is 27.7 Å². The molecule has 0 bridgehead atoms. The minimum atomic E-state index is 0.505. The van der Waals surface area contributed by atoms with E-state index in [4.69, 9.17) is 0 Å². The summed E-state index contributed by atoms with van der Waals surface area (Å²) in [4.78, 5) is 0. The van der Waals surface area contributed by atoms with E-state index in [1.165, 1.54) is 24.3 Å². The zero-order valence-electron chi connectivity index (χ0n) is 8.24. The van der Waals surface area contributed by atoms with Crippen LogP contribution in [0.3, 0.4) is 0 Å². The number of rotatable bonds is 1. The van der Waals surface area contributed by atoms with Crippen LogP contribution in [0.15, 0.2) is 0 Å². The van der Waals surface area contributed by atoms with Gasteiger partial charge in [0.25, 0.3) is 0 Å². The van der Waals surface area contributed by atoms with Gasteiger partial charge >= 0.3 is 0 Å². The summed E-state index contributed by atoms with van der Waals surface area (Å²) in [5.41, 5.74) is 1.14. The minimum absolute atomic E-state index is 0.505. The molecule has 0 spiro atoms. The van der Waals surface area contributed by atoms with Gasteiger partial charge in [0.15, 0.2) is 0 Å². The van der Waals surface area contributed by atoms with Crippen molar-refractivity contribution in [3.63, 3.8) is 0 Å². The highest BCUT2D eigenvalue weighted by Crippen LogP contribution is 2.51. The molecule has 0 radical (unpaired) electrons. The van der Waals surface area contributed by atoms with Crippen LogP contribution >= 0.6 is 11.8 Å². The van der Waals surface area contributed by atoms with E-state index < -0.39 is 0 Å². The molecule has 1 fully saturated rings. The van der Waals surface area contributed by atoms with Crippen molar-refractivity contribution < 1.29 is 0 Å². The predicted octanol–water partition coefficient (Wildman–Crippen LogP) is 3.57. The van der Waals surface area contributed by atoms with E-state index >= 15 is 0 Å². The van der Waals surface area contributed by atoms with Gasteiger partial charge in [-0.2, -0.15) is 11.8 Å². The van der Waals surface area contributed by atoms with Crippen LogP contribution in [0, 0.1) is 10.8 Å². The molecule has 1 atom stereocenters. The largest absolute Gasteiger partial charge is 0.161 e. The van der Waals surface area contributed by atoms with Gasteiger partial charge in [0.05, 0.1) is 0 Å². The van der Waals surface area contributed by atoms with E-state index in [-0.39, 0.29) is 0 Å². The van der Waals surface area contributed by atoms with E-state index in [0.717, 1.165) is 0 Å². The molecular weight excluding hydrogens is 152 g/mol. The van der Waals surface area contributed by atoms with E-state index in [1.54, 1.807) is 0 Å². The normalized spacial score (nSPS) is 32.7. The maximum atomic E-state index is 2.39. The van der Waals surface area contributed by atoms with E-state index in [9.17, 15) is 0 Å². The summed E-state index contributed by atoms with van der Waals surface area (Å²) in [6, 6.07) is 0. The van der Waals surface area contributed by atoms with Crippen molar-refractivity contribution in [3.05, 3.63) is 0 Å². The smallest absolute Gasteiger partial charge is 0.000560 e. The molecule has 11 heavy (non-hydrogen) atoms. The van der Waals surface area contributed by atoms with Gasteiger partial charge in [0, 0.05) is 0 Å². The molecule has 0 aromatic rings. The molecule has 1 aliphatic rings. The van der Waals surface area contributed by atoms with Crippen molar-refractivity contribution in [2.24, 2.45) is 10.8 Å². The molecule has 0 unspecified atom stereocenters. The average molecular weight is 172 g/mol. The number of thioether (sulfide) groups is 1. The van der Waals surface area contributed by atoms with Crippen molar-refractivity contribution in [2.45, 2.75) is 40.5 Å². The molecule has 0 amide bonds. The summed E-state index contributed by atoms with van der Waals surface area (Å²) >= 11 is 2.13. The molecule has 0 saturated carbocycles. The second-order valence-electron chi connectivity index (χ2n) is 4.69. The Kier molecular flexibility index (Phi) is 2.58. The molecule has 0 nitrogen and oxygen atoms in total. The molecule has 0 aliphatic carbocycles. The van der Waals surface area contributed by atoms with Crippen LogP contribution in [0.25, 0.3) is 0 Å². The van der Waals surface area contributed by atoms with E-state index in [0.29, 0.717) is 10.8 Å². The van der Waals surface area contributed by atoms with Gasteiger partial charge in [0.2, 0.25) is 0 Å². The van der Waals surface area contributed by atoms with Crippen molar-refractivity contribution in [1.29, 1.82) is 0 Å². The van der Waals surface area contributed by atoms with Crippen LogP contribution in [0.4, 0.5) is 0 Å². The van der Waals surface area contributed by atoms with Crippen molar-refractivity contribution >= 4 is 11.8 Å². The first-order valence-electron chi connectivity index (χ1n) is 4.60. The Balaban J connectivity index is 2.75. The summed E-state index contributed by atoms with van der Waals surface area (Å²) in [7, 11) is 0. The Bertz CT molecular complexity index is 126. The lowest BCUT2D eigenvalue weighted by Gasteiger charge is -2.40. The van der Waals surface area contributed by atoms with Gasteiger partial charge in [-0.3, -0.25) is 0 Å². The second kappa shape index (κ2) is 3.01. The Morgan fingerprint density at radius 3 is 2.18 bits per heavy atom. The highest BCUT2D eigenvalue weighted by atomic mass is 32.2. The predicted molar refractivity (Wildman–Crippen MR) is 54.1 cm³/mol. The second-order valence-corrected chi connectivity index (χ2v) is 5.79. The Labute approximate surface area is 75.1 Å². The fraction of sp³-hybridized carbons (Fsp3) is 1.00. The van der Waals surface area contributed by atoms with Crippen LogP contribution in [0.5, 0.6) is 0 Å². The minimum Gasteiger partial charge on any atom is -0.161 e. The molecule has 1 rings (SSSR count). The standard InChI is InChI=1S/C10H20S/c1-5-10(9(2,3)4)6-7-11-8-10/h5-8H2,1-4H3/t10-/m1/s1. The molecule has 1 saturated heterocycles. The van der Waals surface area contributed by atoms with E-state index in [1.807, 2.05) is 0 Å². The van der Waals surface area contributed by atoms with E-state index in [2.05, 4.69) is 39.5 Å². The maximum Gasteiger partial charge on any atom is -0.000560 e. The van der Waals surface area contributed by atoms with Crippen LogP contribution in [-0.2, 0) is 0 Å². The zero-order chi connectivity index (χ0) is 8.54. The molecular formula is C10H20S. The monoisotopic (exact) mass is 172 g/mol. The van der Waals surface area contributed by atoms with Crippen molar-refractivity contribution in [1.82, 2.24) is 0 Å². The van der Waals surface area contributed by atoms with Gasteiger partial charge in [0.1, 0.15) is 0 Å². The van der Waals surface area contributed by atoms with Crippen LogP contribution < -0.4 is 0 Å². The maximum absolute atomic E-state index is 2.39. The summed E-state index contributed by atoms with van der Waals surface area (Å²) in [5, 5.41) is 0. The Morgan fingerprint density at radius 2 is 2.00 bits per heavy atom. The Morgan fingerprint density at radius 1 is 1.36 bits per heavy atom. The summed E-state index contributed by atoms with van der Waals surface area (Å²) in [6.07, 6.45) is 2.78. The van der Waals surface area contributed by atoms with Crippen molar-refractivity contribution in [2.75, 3.05) is 11.5 Å². The highest BCUT2D eigenvalue weighted by Gasteiger charge is 2.42. The fourth-order valence-corrected chi connectivity index (χ4v) is 3.86.